The van der Waals surface area contributed by atoms with E-state index in [9.17, 15) is 4.79 Å². The number of hydrogen-bond donors (Lipinski definition) is 1. The van der Waals surface area contributed by atoms with Crippen LogP contribution in [-0.4, -0.2) is 41.2 Å². The standard InChI is InChI=1S/C12H17N3O3/c1-7-5-15(6-8(7)2)12-13-9(11(16)17)4-10(14-12)18-3/h4,7-8H,5-6H2,1-3H3,(H,16,17). The number of aromatic carboxylic acids is 1. The minimum atomic E-state index is -1.07. The Bertz CT molecular complexity index is 454. The predicted molar refractivity (Wildman–Crippen MR) is 66.1 cm³/mol. The van der Waals surface area contributed by atoms with Crippen molar-refractivity contribution in [1.82, 2.24) is 9.97 Å². The molecule has 1 saturated heterocycles. The molecule has 1 aromatic heterocycles. The van der Waals surface area contributed by atoms with Gasteiger partial charge in [0.15, 0.2) is 5.69 Å². The Morgan fingerprint density at radius 3 is 2.50 bits per heavy atom. The molecule has 1 fully saturated rings. The number of hydrogen-bond acceptors (Lipinski definition) is 5. The molecule has 2 heterocycles. The smallest absolute Gasteiger partial charge is 0.354 e. The SMILES string of the molecule is COc1cc(C(=O)O)nc(N2CC(C)C(C)C2)n1. The molecule has 0 amide bonds. The maximum absolute atomic E-state index is 11.0. The van der Waals surface area contributed by atoms with E-state index in [0.717, 1.165) is 13.1 Å². The van der Waals surface area contributed by atoms with Crippen molar-refractivity contribution >= 4 is 11.9 Å². The van der Waals surface area contributed by atoms with Crippen LogP contribution in [0.15, 0.2) is 6.07 Å². The summed E-state index contributed by atoms with van der Waals surface area (Å²) >= 11 is 0. The summed E-state index contributed by atoms with van der Waals surface area (Å²) in [6.45, 7) is 6.02. The van der Waals surface area contributed by atoms with Crippen molar-refractivity contribution in [2.75, 3.05) is 25.1 Å². The van der Waals surface area contributed by atoms with Gasteiger partial charge in [0.1, 0.15) is 0 Å². The van der Waals surface area contributed by atoms with E-state index >= 15 is 0 Å². The Kier molecular flexibility index (Phi) is 3.36. The second kappa shape index (κ2) is 4.80. The van der Waals surface area contributed by atoms with Gasteiger partial charge in [0, 0.05) is 19.2 Å². The second-order valence-corrected chi connectivity index (χ2v) is 4.76. The average Bonchev–Trinajstić information content (AvgIpc) is 2.69. The summed E-state index contributed by atoms with van der Waals surface area (Å²) in [6, 6.07) is 1.33. The van der Waals surface area contributed by atoms with E-state index in [4.69, 9.17) is 9.84 Å². The fourth-order valence-electron chi connectivity index (χ4n) is 2.06. The molecule has 1 aliphatic heterocycles. The van der Waals surface area contributed by atoms with Crippen molar-refractivity contribution in [3.8, 4) is 5.88 Å². The first kappa shape index (κ1) is 12.6. The van der Waals surface area contributed by atoms with Gasteiger partial charge in [-0.25, -0.2) is 9.78 Å². The van der Waals surface area contributed by atoms with Gasteiger partial charge >= 0.3 is 5.97 Å². The highest BCUT2D eigenvalue weighted by molar-refractivity contribution is 5.86. The number of ether oxygens (including phenoxy) is 1. The normalized spacial score (nSPS) is 23.2. The molecule has 98 valence electrons. The molecular formula is C12H17N3O3. The molecule has 0 bridgehead atoms. The van der Waals surface area contributed by atoms with Crippen molar-refractivity contribution < 1.29 is 14.6 Å². The minimum absolute atomic E-state index is 0.0379. The molecule has 1 aliphatic rings. The Morgan fingerprint density at radius 2 is 2.00 bits per heavy atom. The van der Waals surface area contributed by atoms with Gasteiger partial charge in [-0.1, -0.05) is 13.8 Å². The zero-order chi connectivity index (χ0) is 13.3. The quantitative estimate of drug-likeness (QED) is 0.872. The molecule has 18 heavy (non-hydrogen) atoms. The van der Waals surface area contributed by atoms with Gasteiger partial charge in [-0.15, -0.1) is 0 Å². The lowest BCUT2D eigenvalue weighted by atomic mass is 10.0. The molecule has 0 saturated carbocycles. The lowest BCUT2D eigenvalue weighted by Gasteiger charge is -2.16. The summed E-state index contributed by atoms with van der Waals surface area (Å²) in [4.78, 5) is 21.3. The van der Waals surface area contributed by atoms with Crippen LogP contribution >= 0.6 is 0 Å². The van der Waals surface area contributed by atoms with E-state index in [2.05, 4.69) is 23.8 Å². The molecule has 0 radical (unpaired) electrons. The highest BCUT2D eigenvalue weighted by Crippen LogP contribution is 2.26. The van der Waals surface area contributed by atoms with E-state index in [1.807, 2.05) is 4.90 Å². The Hall–Kier alpha value is -1.85. The van der Waals surface area contributed by atoms with Gasteiger partial charge in [0.2, 0.25) is 11.8 Å². The molecule has 0 spiro atoms. The third-order valence-electron chi connectivity index (χ3n) is 3.39. The third kappa shape index (κ3) is 2.37. The van der Waals surface area contributed by atoms with Gasteiger partial charge in [-0.2, -0.15) is 4.98 Å². The Morgan fingerprint density at radius 1 is 1.39 bits per heavy atom. The van der Waals surface area contributed by atoms with Gasteiger partial charge in [-0.05, 0) is 11.8 Å². The molecule has 2 unspecified atom stereocenters. The van der Waals surface area contributed by atoms with E-state index in [-0.39, 0.29) is 11.6 Å². The number of nitrogens with zero attached hydrogens (tertiary/aromatic N) is 3. The zero-order valence-electron chi connectivity index (χ0n) is 10.8. The number of carboxylic acids is 1. The Labute approximate surface area is 106 Å². The molecule has 6 heteroatoms. The topological polar surface area (TPSA) is 75.6 Å². The summed E-state index contributed by atoms with van der Waals surface area (Å²) in [5.74, 6) is 0.742. The zero-order valence-corrected chi connectivity index (χ0v) is 10.8. The van der Waals surface area contributed by atoms with Crippen LogP contribution in [-0.2, 0) is 0 Å². The maximum Gasteiger partial charge on any atom is 0.354 e. The van der Waals surface area contributed by atoms with Crippen molar-refractivity contribution in [2.45, 2.75) is 13.8 Å². The van der Waals surface area contributed by atoms with Gasteiger partial charge in [-0.3, -0.25) is 0 Å². The van der Waals surface area contributed by atoms with E-state index < -0.39 is 5.97 Å². The lowest BCUT2D eigenvalue weighted by molar-refractivity contribution is 0.0690. The van der Waals surface area contributed by atoms with Crippen LogP contribution in [0.25, 0.3) is 0 Å². The summed E-state index contributed by atoms with van der Waals surface area (Å²) in [6.07, 6.45) is 0. The van der Waals surface area contributed by atoms with Crippen molar-refractivity contribution in [1.29, 1.82) is 0 Å². The van der Waals surface area contributed by atoms with Crippen LogP contribution in [0.1, 0.15) is 24.3 Å². The summed E-state index contributed by atoms with van der Waals surface area (Å²) < 4.78 is 5.02. The fraction of sp³-hybridized carbons (Fsp3) is 0.583. The van der Waals surface area contributed by atoms with Crippen LogP contribution in [0.2, 0.25) is 0 Å². The summed E-state index contributed by atoms with van der Waals surface area (Å²) in [5.41, 5.74) is -0.0379. The number of carboxylic acid groups (broad SMARTS) is 1. The molecule has 6 nitrogen and oxygen atoms in total. The van der Waals surface area contributed by atoms with Crippen LogP contribution < -0.4 is 9.64 Å². The molecular weight excluding hydrogens is 234 g/mol. The highest BCUT2D eigenvalue weighted by Gasteiger charge is 2.28. The molecule has 1 aromatic rings. The molecule has 1 N–H and O–H groups in total. The highest BCUT2D eigenvalue weighted by atomic mass is 16.5. The van der Waals surface area contributed by atoms with Crippen LogP contribution in [0.4, 0.5) is 5.95 Å². The van der Waals surface area contributed by atoms with Gasteiger partial charge < -0.3 is 14.7 Å². The number of rotatable bonds is 3. The summed E-state index contributed by atoms with van der Waals surface area (Å²) in [5, 5.41) is 9.01. The molecule has 0 aromatic carbocycles. The Balaban J connectivity index is 2.32. The van der Waals surface area contributed by atoms with E-state index in [0.29, 0.717) is 17.8 Å². The van der Waals surface area contributed by atoms with E-state index in [1.54, 1.807) is 0 Å². The first-order valence-corrected chi connectivity index (χ1v) is 5.92. The van der Waals surface area contributed by atoms with Crippen LogP contribution in [0.5, 0.6) is 5.88 Å². The van der Waals surface area contributed by atoms with Crippen LogP contribution in [0.3, 0.4) is 0 Å². The third-order valence-corrected chi connectivity index (χ3v) is 3.39. The van der Waals surface area contributed by atoms with Crippen molar-refractivity contribution in [2.24, 2.45) is 11.8 Å². The lowest BCUT2D eigenvalue weighted by Crippen LogP contribution is -2.23. The van der Waals surface area contributed by atoms with Crippen molar-refractivity contribution in [3.63, 3.8) is 0 Å². The maximum atomic E-state index is 11.0. The fourth-order valence-corrected chi connectivity index (χ4v) is 2.06. The average molecular weight is 251 g/mol. The van der Waals surface area contributed by atoms with E-state index in [1.165, 1.54) is 13.2 Å². The number of aromatic nitrogens is 2. The molecule has 2 rings (SSSR count). The number of methoxy groups -OCH3 is 1. The van der Waals surface area contributed by atoms with Crippen LogP contribution in [0, 0.1) is 11.8 Å². The first-order chi connectivity index (χ1) is 8.51. The predicted octanol–water partition coefficient (Wildman–Crippen LogP) is 1.28. The summed E-state index contributed by atoms with van der Waals surface area (Å²) in [7, 11) is 1.47. The van der Waals surface area contributed by atoms with Crippen molar-refractivity contribution in [3.05, 3.63) is 11.8 Å². The monoisotopic (exact) mass is 251 g/mol. The molecule has 0 aliphatic carbocycles. The van der Waals surface area contributed by atoms with Gasteiger partial charge in [0.05, 0.1) is 7.11 Å². The minimum Gasteiger partial charge on any atom is -0.481 e. The number of anilines is 1. The first-order valence-electron chi connectivity index (χ1n) is 5.92. The van der Waals surface area contributed by atoms with Gasteiger partial charge in [0.25, 0.3) is 0 Å². The molecule has 2 atom stereocenters. The largest absolute Gasteiger partial charge is 0.481 e. The number of carbonyl (C=O) groups is 1. The second-order valence-electron chi connectivity index (χ2n) is 4.76.